The molecule has 13 heavy (non-hydrogen) atoms. The van der Waals surface area contributed by atoms with E-state index in [0.717, 1.165) is 13.0 Å². The first kappa shape index (κ1) is 8.76. The molecule has 0 aliphatic carbocycles. The summed E-state index contributed by atoms with van der Waals surface area (Å²) in [7, 11) is 0. The first-order valence-electron chi connectivity index (χ1n) is 4.90. The summed E-state index contributed by atoms with van der Waals surface area (Å²) in [5.74, 6) is 0. The second-order valence-electron chi connectivity index (χ2n) is 3.91. The van der Waals surface area contributed by atoms with Gasteiger partial charge < -0.3 is 4.74 Å². The predicted molar refractivity (Wildman–Crippen MR) is 54.0 cm³/mol. The second kappa shape index (κ2) is 3.15. The Kier molecular flexibility index (Phi) is 2.12. The van der Waals surface area contributed by atoms with E-state index in [4.69, 9.17) is 4.74 Å². The van der Waals surface area contributed by atoms with Crippen LogP contribution in [0.15, 0.2) is 12.1 Å². The highest BCUT2D eigenvalue weighted by Crippen LogP contribution is 2.29. The number of hydrogen-bond acceptors (Lipinski definition) is 1. The number of fused-ring (bicyclic) bond motifs is 1. The molecular weight excluding hydrogens is 160 g/mol. The molecule has 2 rings (SSSR count). The monoisotopic (exact) mass is 176 g/mol. The van der Waals surface area contributed by atoms with Crippen molar-refractivity contribution in [1.82, 2.24) is 0 Å². The van der Waals surface area contributed by atoms with Gasteiger partial charge in [-0.3, -0.25) is 0 Å². The Bertz CT molecular complexity index is 328. The molecule has 70 valence electrons. The van der Waals surface area contributed by atoms with Crippen LogP contribution in [0.5, 0.6) is 0 Å². The lowest BCUT2D eigenvalue weighted by atomic mass is 9.92. The van der Waals surface area contributed by atoms with Crippen LogP contribution < -0.4 is 0 Å². The highest BCUT2D eigenvalue weighted by Gasteiger charge is 2.18. The van der Waals surface area contributed by atoms with E-state index in [1.165, 1.54) is 22.3 Å². The molecule has 0 fully saturated rings. The lowest BCUT2D eigenvalue weighted by Gasteiger charge is -2.25. The van der Waals surface area contributed by atoms with Gasteiger partial charge in [0.25, 0.3) is 0 Å². The molecule has 0 aromatic heterocycles. The first-order chi connectivity index (χ1) is 6.18. The Morgan fingerprint density at radius 3 is 2.85 bits per heavy atom. The summed E-state index contributed by atoms with van der Waals surface area (Å²) in [4.78, 5) is 0. The summed E-state index contributed by atoms with van der Waals surface area (Å²) in [5, 5.41) is 0. The van der Waals surface area contributed by atoms with Crippen LogP contribution >= 0.6 is 0 Å². The van der Waals surface area contributed by atoms with E-state index in [1.54, 1.807) is 0 Å². The number of benzene rings is 1. The van der Waals surface area contributed by atoms with Gasteiger partial charge in [0.05, 0.1) is 12.7 Å². The molecule has 0 spiro atoms. The minimum Gasteiger partial charge on any atom is -0.373 e. The summed E-state index contributed by atoms with van der Waals surface area (Å²) >= 11 is 0. The predicted octanol–water partition coefficient (Wildman–Crippen LogP) is 2.94. The maximum Gasteiger partial charge on any atom is 0.0799 e. The van der Waals surface area contributed by atoms with Gasteiger partial charge in [0.15, 0.2) is 0 Å². The van der Waals surface area contributed by atoms with Crippen molar-refractivity contribution in [2.24, 2.45) is 0 Å². The Morgan fingerprint density at radius 2 is 2.08 bits per heavy atom. The molecule has 0 bridgehead atoms. The van der Waals surface area contributed by atoms with Crippen LogP contribution in [0.4, 0.5) is 0 Å². The fourth-order valence-electron chi connectivity index (χ4n) is 2.16. The van der Waals surface area contributed by atoms with Gasteiger partial charge in [-0.05, 0) is 43.9 Å². The van der Waals surface area contributed by atoms with Crippen molar-refractivity contribution < 1.29 is 4.74 Å². The topological polar surface area (TPSA) is 9.23 Å². The van der Waals surface area contributed by atoms with Crippen LogP contribution in [-0.2, 0) is 11.2 Å². The van der Waals surface area contributed by atoms with Crippen molar-refractivity contribution in [2.45, 2.75) is 33.3 Å². The summed E-state index contributed by atoms with van der Waals surface area (Å²) in [5.41, 5.74) is 5.66. The second-order valence-corrected chi connectivity index (χ2v) is 3.91. The van der Waals surface area contributed by atoms with Gasteiger partial charge in [-0.25, -0.2) is 0 Å². The van der Waals surface area contributed by atoms with Crippen molar-refractivity contribution in [1.29, 1.82) is 0 Å². The minimum absolute atomic E-state index is 0.280. The standard InChI is InChI=1S/C12H16O/c1-8-6-9(2)11-4-5-13-10(3)12(11)7-8/h6-7,10H,4-5H2,1-3H3. The van der Waals surface area contributed by atoms with Crippen LogP contribution in [0, 0.1) is 13.8 Å². The molecule has 0 N–H and O–H groups in total. The molecule has 1 heteroatoms. The first-order valence-corrected chi connectivity index (χ1v) is 4.90. The van der Waals surface area contributed by atoms with Gasteiger partial charge in [-0.15, -0.1) is 0 Å². The number of ether oxygens (including phenoxy) is 1. The maximum atomic E-state index is 5.61. The van der Waals surface area contributed by atoms with E-state index in [1.807, 2.05) is 0 Å². The summed E-state index contributed by atoms with van der Waals surface area (Å²) in [6, 6.07) is 4.52. The fraction of sp³-hybridized carbons (Fsp3) is 0.500. The maximum absolute atomic E-state index is 5.61. The largest absolute Gasteiger partial charge is 0.373 e. The fourth-order valence-corrected chi connectivity index (χ4v) is 2.16. The third-order valence-electron chi connectivity index (χ3n) is 2.81. The molecule has 1 heterocycles. The number of rotatable bonds is 0. The Labute approximate surface area is 79.7 Å². The van der Waals surface area contributed by atoms with Gasteiger partial charge in [0.2, 0.25) is 0 Å². The van der Waals surface area contributed by atoms with Gasteiger partial charge in [0, 0.05) is 0 Å². The molecule has 0 amide bonds. The normalized spacial score (nSPS) is 21.3. The molecule has 0 saturated heterocycles. The quantitative estimate of drug-likeness (QED) is 0.590. The van der Waals surface area contributed by atoms with Crippen molar-refractivity contribution in [2.75, 3.05) is 6.61 Å². The van der Waals surface area contributed by atoms with Crippen LogP contribution in [0.3, 0.4) is 0 Å². The van der Waals surface area contributed by atoms with Gasteiger partial charge in [-0.1, -0.05) is 17.7 Å². The van der Waals surface area contributed by atoms with Crippen molar-refractivity contribution in [3.63, 3.8) is 0 Å². The van der Waals surface area contributed by atoms with Gasteiger partial charge >= 0.3 is 0 Å². The Morgan fingerprint density at radius 1 is 1.31 bits per heavy atom. The minimum atomic E-state index is 0.280. The van der Waals surface area contributed by atoms with E-state index >= 15 is 0 Å². The smallest absolute Gasteiger partial charge is 0.0799 e. The van der Waals surface area contributed by atoms with E-state index in [2.05, 4.69) is 32.9 Å². The lowest BCUT2D eigenvalue weighted by molar-refractivity contribution is 0.0553. The van der Waals surface area contributed by atoms with E-state index in [9.17, 15) is 0 Å². The van der Waals surface area contributed by atoms with Crippen LogP contribution in [0.1, 0.15) is 35.3 Å². The highest BCUT2D eigenvalue weighted by molar-refractivity contribution is 5.40. The molecule has 0 radical (unpaired) electrons. The van der Waals surface area contributed by atoms with Crippen molar-refractivity contribution >= 4 is 0 Å². The molecule has 1 aliphatic heterocycles. The zero-order chi connectivity index (χ0) is 9.42. The molecular formula is C12H16O. The molecule has 1 nitrogen and oxygen atoms in total. The zero-order valence-electron chi connectivity index (χ0n) is 8.55. The number of aryl methyl sites for hydroxylation is 2. The van der Waals surface area contributed by atoms with Crippen molar-refractivity contribution in [3.8, 4) is 0 Å². The molecule has 1 unspecified atom stereocenters. The average molecular weight is 176 g/mol. The summed E-state index contributed by atoms with van der Waals surface area (Å²) < 4.78 is 5.61. The summed E-state index contributed by atoms with van der Waals surface area (Å²) in [6.07, 6.45) is 1.36. The Balaban J connectivity index is 2.56. The average Bonchev–Trinajstić information content (AvgIpc) is 2.07. The third kappa shape index (κ3) is 1.49. The van der Waals surface area contributed by atoms with E-state index < -0.39 is 0 Å². The molecule has 1 atom stereocenters. The molecule has 1 aromatic rings. The van der Waals surface area contributed by atoms with Gasteiger partial charge in [0.1, 0.15) is 0 Å². The van der Waals surface area contributed by atoms with Crippen LogP contribution in [-0.4, -0.2) is 6.61 Å². The molecule has 1 aromatic carbocycles. The molecule has 1 aliphatic rings. The summed E-state index contributed by atoms with van der Waals surface area (Å²) in [6.45, 7) is 7.35. The van der Waals surface area contributed by atoms with Crippen molar-refractivity contribution in [3.05, 3.63) is 34.4 Å². The highest BCUT2D eigenvalue weighted by atomic mass is 16.5. The van der Waals surface area contributed by atoms with Crippen LogP contribution in [0.2, 0.25) is 0 Å². The SMILES string of the molecule is Cc1cc(C)c2c(c1)C(C)OCC2. The van der Waals surface area contributed by atoms with E-state index in [0.29, 0.717) is 0 Å². The zero-order valence-corrected chi connectivity index (χ0v) is 8.55. The van der Waals surface area contributed by atoms with E-state index in [-0.39, 0.29) is 6.10 Å². The van der Waals surface area contributed by atoms with Gasteiger partial charge in [-0.2, -0.15) is 0 Å². The third-order valence-corrected chi connectivity index (χ3v) is 2.81. The van der Waals surface area contributed by atoms with Crippen LogP contribution in [0.25, 0.3) is 0 Å². The Hall–Kier alpha value is -0.820. The molecule has 0 saturated carbocycles. The lowest BCUT2D eigenvalue weighted by Crippen LogP contribution is -2.15. The number of hydrogen-bond donors (Lipinski definition) is 0.